The van der Waals surface area contributed by atoms with Crippen LogP contribution in [0, 0.1) is 10.5 Å². The third-order valence-electron chi connectivity index (χ3n) is 1.36. The van der Waals surface area contributed by atoms with Crippen LogP contribution in [0.15, 0.2) is 23.1 Å². The summed E-state index contributed by atoms with van der Waals surface area (Å²) in [6.07, 6.45) is 0. The van der Waals surface area contributed by atoms with Crippen LogP contribution in [-0.2, 0) is 10.1 Å². The fourth-order valence-electron chi connectivity index (χ4n) is 0.808. The van der Waals surface area contributed by atoms with Crippen molar-refractivity contribution in [2.24, 2.45) is 0 Å². The Balaban J connectivity index is 3.43. The van der Waals surface area contributed by atoms with Crippen molar-refractivity contribution in [2.45, 2.75) is 11.8 Å². The quantitative estimate of drug-likeness (QED) is 0.636. The average molecular weight is 298 g/mol. The minimum atomic E-state index is -4.06. The molecule has 0 bridgehead atoms. The molecule has 0 aliphatic carbocycles. The Bertz CT molecular complexity index is 397. The molecule has 1 aromatic rings. The van der Waals surface area contributed by atoms with Crippen molar-refractivity contribution >= 4 is 32.7 Å². The van der Waals surface area contributed by atoms with Gasteiger partial charge in [-0.05, 0) is 47.2 Å². The Labute approximate surface area is 84.7 Å². The van der Waals surface area contributed by atoms with Gasteiger partial charge in [0.25, 0.3) is 10.1 Å². The molecule has 0 amide bonds. The first kappa shape index (κ1) is 9.94. The molecule has 0 saturated carbocycles. The highest BCUT2D eigenvalue weighted by atomic mass is 127. The van der Waals surface area contributed by atoms with Gasteiger partial charge in [-0.3, -0.25) is 4.55 Å². The third-order valence-corrected chi connectivity index (χ3v) is 3.56. The van der Waals surface area contributed by atoms with E-state index in [4.69, 9.17) is 4.55 Å². The van der Waals surface area contributed by atoms with E-state index in [2.05, 4.69) is 0 Å². The van der Waals surface area contributed by atoms with Gasteiger partial charge in [-0.2, -0.15) is 8.42 Å². The molecule has 0 aromatic heterocycles. The zero-order valence-electron chi connectivity index (χ0n) is 6.28. The summed E-state index contributed by atoms with van der Waals surface area (Å²) in [7, 11) is -4.06. The predicted octanol–water partition coefficient (Wildman–Crippen LogP) is 1.85. The van der Waals surface area contributed by atoms with Gasteiger partial charge in [0.05, 0.1) is 0 Å². The van der Waals surface area contributed by atoms with E-state index in [1.165, 1.54) is 6.07 Å². The summed E-state index contributed by atoms with van der Waals surface area (Å²) in [5.74, 6) is 0. The topological polar surface area (TPSA) is 54.4 Å². The Kier molecular flexibility index (Phi) is 2.74. The van der Waals surface area contributed by atoms with E-state index in [1.54, 1.807) is 19.1 Å². The van der Waals surface area contributed by atoms with Crippen LogP contribution < -0.4 is 0 Å². The van der Waals surface area contributed by atoms with Gasteiger partial charge in [0.2, 0.25) is 0 Å². The minimum absolute atomic E-state index is 0.0249. The molecule has 0 fully saturated rings. The maximum absolute atomic E-state index is 10.8. The van der Waals surface area contributed by atoms with Crippen LogP contribution >= 0.6 is 22.6 Å². The van der Waals surface area contributed by atoms with E-state index in [-0.39, 0.29) is 4.90 Å². The van der Waals surface area contributed by atoms with Crippen molar-refractivity contribution in [3.8, 4) is 0 Å². The zero-order chi connectivity index (χ0) is 9.35. The number of rotatable bonds is 1. The smallest absolute Gasteiger partial charge is 0.282 e. The molecule has 1 aromatic carbocycles. The first-order chi connectivity index (χ1) is 5.41. The van der Waals surface area contributed by atoms with Crippen molar-refractivity contribution < 1.29 is 13.0 Å². The van der Waals surface area contributed by atoms with Crippen LogP contribution in [-0.4, -0.2) is 13.0 Å². The Hall–Kier alpha value is -0.140. The van der Waals surface area contributed by atoms with Crippen molar-refractivity contribution in [3.63, 3.8) is 0 Å². The highest BCUT2D eigenvalue weighted by Crippen LogP contribution is 2.18. The van der Waals surface area contributed by atoms with Crippen LogP contribution in [0.2, 0.25) is 0 Å². The molecule has 1 N–H and O–H groups in total. The van der Waals surface area contributed by atoms with E-state index in [1.807, 2.05) is 22.6 Å². The standard InChI is InChI=1S/C7H7IO3S/c1-5-2-3-6(8)7(4-5)12(9,10)11/h2-4H,1H3,(H,9,10,11). The maximum Gasteiger partial charge on any atom is 0.295 e. The van der Waals surface area contributed by atoms with E-state index >= 15 is 0 Å². The largest absolute Gasteiger partial charge is 0.295 e. The zero-order valence-corrected chi connectivity index (χ0v) is 9.26. The summed E-state index contributed by atoms with van der Waals surface area (Å²) >= 11 is 1.86. The molecular formula is C7H7IO3S. The average Bonchev–Trinajstić information content (AvgIpc) is 1.92. The summed E-state index contributed by atoms with van der Waals surface area (Å²) in [5.41, 5.74) is 0.808. The SMILES string of the molecule is Cc1ccc(I)c(S(=O)(=O)O)c1. The van der Waals surface area contributed by atoms with Gasteiger partial charge in [0.15, 0.2) is 0 Å². The highest BCUT2D eigenvalue weighted by molar-refractivity contribution is 14.1. The molecule has 1 rings (SSSR count). The predicted molar refractivity (Wildman–Crippen MR) is 53.7 cm³/mol. The molecule has 0 saturated heterocycles. The summed E-state index contributed by atoms with van der Waals surface area (Å²) in [6, 6.07) is 4.88. The lowest BCUT2D eigenvalue weighted by Gasteiger charge is -2.00. The Morgan fingerprint density at radius 3 is 2.42 bits per heavy atom. The van der Waals surface area contributed by atoms with Crippen molar-refractivity contribution in [1.29, 1.82) is 0 Å². The van der Waals surface area contributed by atoms with Crippen molar-refractivity contribution in [2.75, 3.05) is 0 Å². The molecule has 0 aliphatic rings. The molecule has 0 aliphatic heterocycles. The molecule has 0 atom stereocenters. The van der Waals surface area contributed by atoms with E-state index in [0.29, 0.717) is 3.57 Å². The fraction of sp³-hybridized carbons (Fsp3) is 0.143. The van der Waals surface area contributed by atoms with Crippen molar-refractivity contribution in [1.82, 2.24) is 0 Å². The summed E-state index contributed by atoms with van der Waals surface area (Å²) in [6.45, 7) is 1.77. The van der Waals surface area contributed by atoms with Crippen LogP contribution in [0.3, 0.4) is 0 Å². The lowest BCUT2D eigenvalue weighted by atomic mass is 10.2. The second-order valence-electron chi connectivity index (χ2n) is 2.41. The molecule has 0 radical (unpaired) electrons. The van der Waals surface area contributed by atoms with Gasteiger partial charge in [-0.15, -0.1) is 0 Å². The molecule has 5 heteroatoms. The maximum atomic E-state index is 10.8. The highest BCUT2D eigenvalue weighted by Gasteiger charge is 2.13. The first-order valence-corrected chi connectivity index (χ1v) is 5.67. The number of aryl methyl sites for hydroxylation is 1. The Morgan fingerprint density at radius 2 is 2.00 bits per heavy atom. The molecule has 66 valence electrons. The van der Waals surface area contributed by atoms with Crippen LogP contribution in [0.25, 0.3) is 0 Å². The lowest BCUT2D eigenvalue weighted by molar-refractivity contribution is 0.482. The molecule has 12 heavy (non-hydrogen) atoms. The van der Waals surface area contributed by atoms with Crippen LogP contribution in [0.4, 0.5) is 0 Å². The van der Waals surface area contributed by atoms with E-state index in [9.17, 15) is 8.42 Å². The van der Waals surface area contributed by atoms with Gasteiger partial charge in [-0.25, -0.2) is 0 Å². The van der Waals surface area contributed by atoms with Gasteiger partial charge < -0.3 is 0 Å². The number of hydrogen-bond acceptors (Lipinski definition) is 2. The van der Waals surface area contributed by atoms with Crippen LogP contribution in [0.1, 0.15) is 5.56 Å². The molecular weight excluding hydrogens is 291 g/mol. The summed E-state index contributed by atoms with van der Waals surface area (Å²) in [4.78, 5) is -0.0249. The van der Waals surface area contributed by atoms with Gasteiger partial charge in [0, 0.05) is 3.57 Å². The summed E-state index contributed by atoms with van der Waals surface area (Å²) in [5, 5.41) is 0. The number of benzene rings is 1. The number of hydrogen-bond donors (Lipinski definition) is 1. The molecule has 0 unspecified atom stereocenters. The second-order valence-corrected chi connectivity index (χ2v) is 4.96. The minimum Gasteiger partial charge on any atom is -0.282 e. The van der Waals surface area contributed by atoms with E-state index in [0.717, 1.165) is 5.56 Å². The molecule has 0 spiro atoms. The fourth-order valence-corrected chi connectivity index (χ4v) is 2.63. The monoisotopic (exact) mass is 298 g/mol. The number of halogens is 1. The molecule has 3 nitrogen and oxygen atoms in total. The normalized spacial score (nSPS) is 11.6. The lowest BCUT2D eigenvalue weighted by Crippen LogP contribution is -2.00. The van der Waals surface area contributed by atoms with E-state index < -0.39 is 10.1 Å². The second kappa shape index (κ2) is 3.31. The summed E-state index contributed by atoms with van der Waals surface area (Å²) < 4.78 is 30.8. The first-order valence-electron chi connectivity index (χ1n) is 3.15. The van der Waals surface area contributed by atoms with Crippen molar-refractivity contribution in [3.05, 3.63) is 27.3 Å². The van der Waals surface area contributed by atoms with Gasteiger partial charge >= 0.3 is 0 Å². The Morgan fingerprint density at radius 1 is 1.42 bits per heavy atom. The molecule has 0 heterocycles. The van der Waals surface area contributed by atoms with Gasteiger partial charge in [-0.1, -0.05) is 6.07 Å². The van der Waals surface area contributed by atoms with Gasteiger partial charge in [0.1, 0.15) is 4.90 Å². The van der Waals surface area contributed by atoms with Crippen LogP contribution in [0.5, 0.6) is 0 Å². The third kappa shape index (κ3) is 2.18.